The van der Waals surface area contributed by atoms with Crippen LogP contribution in [0.3, 0.4) is 0 Å². The van der Waals surface area contributed by atoms with E-state index in [0.717, 1.165) is 70.6 Å². The van der Waals surface area contributed by atoms with Crippen LogP contribution in [-0.4, -0.2) is 98.3 Å². The monoisotopic (exact) mass is 903 g/mol. The van der Waals surface area contributed by atoms with Gasteiger partial charge in [-0.2, -0.15) is 0 Å². The summed E-state index contributed by atoms with van der Waals surface area (Å²) in [5, 5.41) is 50.2. The number of aliphatic hydroxyl groups is 5. The second-order valence-corrected chi connectivity index (χ2v) is 18.3. The van der Waals surface area contributed by atoms with Gasteiger partial charge >= 0.3 is 19.8 Å². The first-order valence-corrected chi connectivity index (χ1v) is 25.8. The van der Waals surface area contributed by atoms with Crippen molar-refractivity contribution in [3.05, 3.63) is 36.5 Å². The Morgan fingerprint density at radius 2 is 0.919 bits per heavy atom. The zero-order chi connectivity index (χ0) is 45.7. The predicted octanol–water partition coefficient (Wildman–Crippen LogP) is 9.78. The van der Waals surface area contributed by atoms with E-state index in [-0.39, 0.29) is 12.8 Å². The molecule has 1 fully saturated rings. The molecule has 362 valence electrons. The molecule has 0 heterocycles. The molecule has 6 N–H and O–H groups in total. The van der Waals surface area contributed by atoms with Crippen LogP contribution in [0.4, 0.5) is 0 Å². The Bertz CT molecular complexity index is 1230. The fourth-order valence-corrected chi connectivity index (χ4v) is 8.33. The smallest absolute Gasteiger partial charge is 0.462 e. The number of hydrogen-bond donors (Lipinski definition) is 6. The van der Waals surface area contributed by atoms with Crippen LogP contribution in [-0.2, 0) is 32.7 Å². The molecule has 13 nitrogen and oxygen atoms in total. The molecule has 0 aliphatic heterocycles. The molecule has 0 spiro atoms. The van der Waals surface area contributed by atoms with Crippen LogP contribution in [0.25, 0.3) is 0 Å². The van der Waals surface area contributed by atoms with E-state index in [1.165, 1.54) is 89.9 Å². The highest BCUT2D eigenvalue weighted by Crippen LogP contribution is 2.47. The normalized spacial score (nSPS) is 22.1. The summed E-state index contributed by atoms with van der Waals surface area (Å²) in [6, 6.07) is 0. The molecular weight excluding hydrogens is 815 g/mol. The number of carbonyl (C=O) groups is 2. The first kappa shape index (κ1) is 58.1. The summed E-state index contributed by atoms with van der Waals surface area (Å²) in [5.74, 6) is -1.11. The summed E-state index contributed by atoms with van der Waals surface area (Å²) in [6.07, 6.45) is 30.5. The van der Waals surface area contributed by atoms with Gasteiger partial charge in [0.1, 0.15) is 43.2 Å². The minimum Gasteiger partial charge on any atom is -0.462 e. The van der Waals surface area contributed by atoms with Crippen molar-refractivity contribution in [2.24, 2.45) is 0 Å². The summed E-state index contributed by atoms with van der Waals surface area (Å²) < 4.78 is 33.6. The molecule has 14 heteroatoms. The van der Waals surface area contributed by atoms with Crippen LogP contribution >= 0.6 is 7.82 Å². The molecule has 0 bridgehead atoms. The van der Waals surface area contributed by atoms with E-state index in [1.54, 1.807) is 0 Å². The number of phosphoric ester groups is 1. The Labute approximate surface area is 374 Å². The van der Waals surface area contributed by atoms with Gasteiger partial charge in [-0.05, 0) is 44.9 Å². The first-order chi connectivity index (χ1) is 29.9. The second kappa shape index (κ2) is 38.3. The third-order valence-corrected chi connectivity index (χ3v) is 12.2. The number of ether oxygens (including phenoxy) is 2. The number of allylic oxidation sites excluding steroid dienone is 6. The highest BCUT2D eigenvalue weighted by Gasteiger charge is 2.51. The van der Waals surface area contributed by atoms with Crippen LogP contribution in [0.1, 0.15) is 200 Å². The maximum absolute atomic E-state index is 12.8. The lowest BCUT2D eigenvalue weighted by molar-refractivity contribution is -0.220. The van der Waals surface area contributed by atoms with Gasteiger partial charge in [0.15, 0.2) is 6.10 Å². The number of rotatable bonds is 40. The molecule has 62 heavy (non-hydrogen) atoms. The average molecular weight is 903 g/mol. The van der Waals surface area contributed by atoms with Gasteiger partial charge < -0.3 is 39.9 Å². The largest absolute Gasteiger partial charge is 0.472 e. The van der Waals surface area contributed by atoms with Crippen molar-refractivity contribution in [1.82, 2.24) is 0 Å². The predicted molar refractivity (Wildman–Crippen MR) is 244 cm³/mol. The highest BCUT2D eigenvalue weighted by molar-refractivity contribution is 7.47. The van der Waals surface area contributed by atoms with Crippen molar-refractivity contribution in [1.29, 1.82) is 0 Å². The third-order valence-electron chi connectivity index (χ3n) is 11.2. The van der Waals surface area contributed by atoms with Crippen LogP contribution < -0.4 is 0 Å². The lowest BCUT2D eigenvalue weighted by Crippen LogP contribution is -2.64. The molecule has 0 aromatic carbocycles. The van der Waals surface area contributed by atoms with Gasteiger partial charge in [0.05, 0.1) is 6.61 Å². The SMILES string of the molecule is CC/C=C\C/C=C\C/C=C\CCCCCCCC(=O)O[C@H](COC(=O)CCCCCCCCCCCCCCCCCCCC)COP(=O)(O)OC1C(O)C(O)C(O)[C@@H](O)C1O. The van der Waals surface area contributed by atoms with Crippen LogP contribution in [0, 0.1) is 0 Å². The summed E-state index contributed by atoms with van der Waals surface area (Å²) in [4.78, 5) is 35.7. The van der Waals surface area contributed by atoms with Gasteiger partial charge in [0.2, 0.25) is 0 Å². The van der Waals surface area contributed by atoms with E-state index in [2.05, 4.69) is 50.3 Å². The number of hydrogen-bond acceptors (Lipinski definition) is 12. The molecule has 1 aliphatic carbocycles. The van der Waals surface area contributed by atoms with Gasteiger partial charge in [0, 0.05) is 12.8 Å². The average Bonchev–Trinajstić information content (AvgIpc) is 3.25. The Balaban J connectivity index is 2.42. The van der Waals surface area contributed by atoms with Crippen molar-refractivity contribution in [2.45, 2.75) is 243 Å². The summed E-state index contributed by atoms with van der Waals surface area (Å²) in [6.45, 7) is 3.19. The molecule has 0 radical (unpaired) electrons. The van der Waals surface area contributed by atoms with Crippen LogP contribution in [0.5, 0.6) is 0 Å². The Hall–Kier alpha value is -1.93. The first-order valence-electron chi connectivity index (χ1n) is 24.3. The minimum absolute atomic E-state index is 0.0787. The van der Waals surface area contributed by atoms with Gasteiger partial charge in [-0.25, -0.2) is 4.57 Å². The molecule has 1 aliphatic rings. The van der Waals surface area contributed by atoms with Gasteiger partial charge in [-0.15, -0.1) is 0 Å². The maximum atomic E-state index is 12.8. The highest BCUT2D eigenvalue weighted by atomic mass is 31.2. The van der Waals surface area contributed by atoms with Crippen molar-refractivity contribution in [3.63, 3.8) is 0 Å². The van der Waals surface area contributed by atoms with Gasteiger partial charge in [0.25, 0.3) is 0 Å². The lowest BCUT2D eigenvalue weighted by atomic mass is 9.85. The molecule has 1 saturated carbocycles. The lowest BCUT2D eigenvalue weighted by Gasteiger charge is -2.41. The van der Waals surface area contributed by atoms with Crippen LogP contribution in [0.15, 0.2) is 36.5 Å². The standard InChI is InChI=1S/C48H87O13P/c1-3-5-7-9-11-13-15-17-19-20-21-23-24-26-28-30-32-34-36-41(49)58-38-40(39-59-62(56,57)61-48-46(54)44(52)43(51)45(53)47(48)55)60-42(50)37-35-33-31-29-27-25-22-18-16-14-12-10-8-6-4-2/h6,8,12,14,18,22,40,43-48,51-55H,3-5,7,9-11,13,15-17,19-21,23-39H2,1-2H3,(H,56,57)/b8-6-,14-12-,22-18-/t40-,43?,44-,45?,46?,47?,48?/m1/s1. The van der Waals surface area contributed by atoms with Gasteiger partial charge in [-0.1, -0.05) is 179 Å². The number of phosphoric acid groups is 1. The fraction of sp³-hybridized carbons (Fsp3) is 0.833. The summed E-state index contributed by atoms with van der Waals surface area (Å²) in [7, 11) is -5.12. The topological polar surface area (TPSA) is 210 Å². The molecule has 0 aromatic rings. The Kier molecular flexibility index (Phi) is 35.9. The molecular formula is C48H87O13P. The zero-order valence-corrected chi connectivity index (χ0v) is 39.3. The Morgan fingerprint density at radius 3 is 1.40 bits per heavy atom. The van der Waals surface area contributed by atoms with E-state index >= 15 is 0 Å². The molecule has 0 aromatic heterocycles. The molecule has 6 unspecified atom stereocenters. The van der Waals surface area contributed by atoms with Crippen molar-refractivity contribution >= 4 is 19.8 Å². The number of carbonyl (C=O) groups excluding carboxylic acids is 2. The minimum atomic E-state index is -5.12. The summed E-state index contributed by atoms with van der Waals surface area (Å²) in [5.41, 5.74) is 0. The fourth-order valence-electron chi connectivity index (χ4n) is 7.36. The Morgan fingerprint density at radius 1 is 0.516 bits per heavy atom. The van der Waals surface area contributed by atoms with E-state index in [4.69, 9.17) is 18.5 Å². The van der Waals surface area contributed by atoms with Gasteiger partial charge in [-0.3, -0.25) is 18.6 Å². The molecule has 0 saturated heterocycles. The third kappa shape index (κ3) is 30.3. The maximum Gasteiger partial charge on any atom is 0.472 e. The number of esters is 2. The summed E-state index contributed by atoms with van der Waals surface area (Å²) >= 11 is 0. The van der Waals surface area contributed by atoms with E-state index in [9.17, 15) is 44.6 Å². The van der Waals surface area contributed by atoms with Crippen LogP contribution in [0.2, 0.25) is 0 Å². The van der Waals surface area contributed by atoms with E-state index in [1.807, 2.05) is 0 Å². The van der Waals surface area contributed by atoms with Crippen molar-refractivity contribution < 1.29 is 63.1 Å². The number of unbranched alkanes of at least 4 members (excludes halogenated alkanes) is 22. The molecule has 8 atom stereocenters. The number of aliphatic hydroxyl groups excluding tert-OH is 5. The molecule has 0 amide bonds. The second-order valence-electron chi connectivity index (χ2n) is 16.9. The van der Waals surface area contributed by atoms with E-state index < -0.39 is 75.7 Å². The molecule has 1 rings (SSSR count). The van der Waals surface area contributed by atoms with Crippen molar-refractivity contribution in [3.8, 4) is 0 Å². The van der Waals surface area contributed by atoms with E-state index in [0.29, 0.717) is 12.8 Å². The van der Waals surface area contributed by atoms with Crippen molar-refractivity contribution in [2.75, 3.05) is 13.2 Å². The zero-order valence-electron chi connectivity index (χ0n) is 38.4. The quantitative estimate of drug-likeness (QED) is 0.0147.